The van der Waals surface area contributed by atoms with Gasteiger partial charge in [-0.1, -0.05) is 17.7 Å². The third kappa shape index (κ3) is 2.23. The number of hydrogen-bond donors (Lipinski definition) is 0. The van der Waals surface area contributed by atoms with Crippen molar-refractivity contribution in [3.05, 3.63) is 33.8 Å². The molecule has 1 heterocycles. The van der Waals surface area contributed by atoms with Crippen LogP contribution >= 0.6 is 11.6 Å². The second-order valence-electron chi connectivity index (χ2n) is 4.41. The number of nitriles is 1. The molecule has 1 unspecified atom stereocenters. The molecular formula is C14H13ClN2O3. The summed E-state index contributed by atoms with van der Waals surface area (Å²) >= 11 is 6.01. The molecule has 1 aliphatic rings. The molecule has 1 aromatic rings. The fourth-order valence-corrected chi connectivity index (χ4v) is 2.45. The Morgan fingerprint density at radius 2 is 2.25 bits per heavy atom. The lowest BCUT2D eigenvalue weighted by molar-refractivity contribution is -0.144. The van der Waals surface area contributed by atoms with Crippen molar-refractivity contribution in [1.82, 2.24) is 4.90 Å². The Labute approximate surface area is 121 Å². The number of carbonyl (C=O) groups is 2. The number of carbonyl (C=O) groups excluding carboxylic acids is 2. The van der Waals surface area contributed by atoms with Crippen LogP contribution < -0.4 is 0 Å². The highest BCUT2D eigenvalue weighted by atomic mass is 35.5. The summed E-state index contributed by atoms with van der Waals surface area (Å²) in [6.07, 6.45) is 0. The highest BCUT2D eigenvalue weighted by molar-refractivity contribution is 6.32. The molecule has 0 fully saturated rings. The molecule has 5 nitrogen and oxygen atoms in total. The number of rotatable bonds is 3. The highest BCUT2D eigenvalue weighted by Gasteiger charge is 2.39. The first kappa shape index (κ1) is 14.4. The molecule has 20 heavy (non-hydrogen) atoms. The molecule has 1 aliphatic heterocycles. The van der Waals surface area contributed by atoms with Crippen molar-refractivity contribution in [2.45, 2.75) is 19.9 Å². The molecule has 0 radical (unpaired) electrons. The Hall–Kier alpha value is -2.06. The molecule has 0 saturated carbocycles. The second-order valence-corrected chi connectivity index (χ2v) is 4.81. The minimum absolute atomic E-state index is 0.232. The van der Waals surface area contributed by atoms with Crippen LogP contribution in [-0.2, 0) is 9.53 Å². The van der Waals surface area contributed by atoms with E-state index in [2.05, 4.69) is 0 Å². The molecule has 1 aromatic carbocycles. The molecule has 0 aromatic heterocycles. The van der Waals surface area contributed by atoms with Crippen LogP contribution in [0.3, 0.4) is 0 Å². The first-order valence-corrected chi connectivity index (χ1v) is 6.54. The molecule has 6 heteroatoms. The average Bonchev–Trinajstić information content (AvgIpc) is 2.67. The average molecular weight is 293 g/mol. The number of benzene rings is 1. The zero-order chi connectivity index (χ0) is 14.9. The van der Waals surface area contributed by atoms with Crippen molar-refractivity contribution < 1.29 is 14.3 Å². The van der Waals surface area contributed by atoms with Gasteiger partial charge in [-0.15, -0.1) is 0 Å². The number of ether oxygens (including phenoxy) is 1. The van der Waals surface area contributed by atoms with E-state index in [-0.39, 0.29) is 19.1 Å². The molecule has 2 rings (SSSR count). The Morgan fingerprint density at radius 1 is 1.55 bits per heavy atom. The molecule has 0 N–H and O–H groups in total. The quantitative estimate of drug-likeness (QED) is 0.801. The number of hydrogen-bond acceptors (Lipinski definition) is 4. The van der Waals surface area contributed by atoms with E-state index in [1.54, 1.807) is 26.0 Å². The lowest BCUT2D eigenvalue weighted by atomic mass is 10.0. The van der Waals surface area contributed by atoms with Gasteiger partial charge in [0.2, 0.25) is 0 Å². The van der Waals surface area contributed by atoms with Crippen LogP contribution in [0.5, 0.6) is 0 Å². The van der Waals surface area contributed by atoms with E-state index in [4.69, 9.17) is 16.3 Å². The van der Waals surface area contributed by atoms with Crippen LogP contribution in [0.2, 0.25) is 5.02 Å². The van der Waals surface area contributed by atoms with Gasteiger partial charge in [0.25, 0.3) is 5.91 Å². The highest BCUT2D eigenvalue weighted by Crippen LogP contribution is 2.37. The summed E-state index contributed by atoms with van der Waals surface area (Å²) in [4.78, 5) is 25.2. The molecule has 1 atom stereocenters. The van der Waals surface area contributed by atoms with Gasteiger partial charge in [0.15, 0.2) is 0 Å². The molecule has 0 spiro atoms. The minimum atomic E-state index is -0.780. The summed E-state index contributed by atoms with van der Waals surface area (Å²) in [5.74, 6) is -0.891. The second kappa shape index (κ2) is 5.51. The topological polar surface area (TPSA) is 70.4 Å². The lowest BCUT2D eigenvalue weighted by Crippen LogP contribution is -2.34. The summed E-state index contributed by atoms with van der Waals surface area (Å²) in [7, 11) is 0. The van der Waals surface area contributed by atoms with Crippen molar-refractivity contribution in [3.63, 3.8) is 0 Å². The third-order valence-electron chi connectivity index (χ3n) is 3.24. The molecule has 0 saturated heterocycles. The fourth-order valence-electron chi connectivity index (χ4n) is 2.30. The summed E-state index contributed by atoms with van der Waals surface area (Å²) in [6.45, 7) is 3.40. The fraction of sp³-hybridized carbons (Fsp3) is 0.357. The van der Waals surface area contributed by atoms with E-state index in [1.807, 2.05) is 6.07 Å². The van der Waals surface area contributed by atoms with E-state index >= 15 is 0 Å². The van der Waals surface area contributed by atoms with Crippen molar-refractivity contribution in [2.24, 2.45) is 0 Å². The van der Waals surface area contributed by atoms with Crippen LogP contribution in [0.1, 0.15) is 34.5 Å². The van der Waals surface area contributed by atoms with E-state index in [9.17, 15) is 14.9 Å². The Morgan fingerprint density at radius 3 is 2.85 bits per heavy atom. The minimum Gasteiger partial charge on any atom is -0.465 e. The van der Waals surface area contributed by atoms with Gasteiger partial charge in [0.05, 0.1) is 18.2 Å². The number of esters is 1. The third-order valence-corrected chi connectivity index (χ3v) is 3.65. The molecule has 0 bridgehead atoms. The van der Waals surface area contributed by atoms with Gasteiger partial charge in [-0.2, -0.15) is 5.26 Å². The summed E-state index contributed by atoms with van der Waals surface area (Å²) < 4.78 is 4.83. The van der Waals surface area contributed by atoms with Crippen LogP contribution in [-0.4, -0.2) is 29.9 Å². The smallest absolute Gasteiger partial charge is 0.325 e. The van der Waals surface area contributed by atoms with Crippen molar-refractivity contribution in [2.75, 3.05) is 13.2 Å². The molecular weight excluding hydrogens is 280 g/mol. The zero-order valence-corrected chi connectivity index (χ0v) is 11.9. The number of fused-ring (bicyclic) bond motifs is 1. The lowest BCUT2D eigenvalue weighted by Gasteiger charge is -2.18. The van der Waals surface area contributed by atoms with Crippen LogP contribution in [0.25, 0.3) is 0 Å². The van der Waals surface area contributed by atoms with Crippen LogP contribution in [0.15, 0.2) is 12.1 Å². The Kier molecular flexibility index (Phi) is 3.96. The van der Waals surface area contributed by atoms with Crippen LogP contribution in [0.4, 0.5) is 0 Å². The number of amides is 1. The van der Waals surface area contributed by atoms with Crippen molar-refractivity contribution >= 4 is 23.5 Å². The van der Waals surface area contributed by atoms with E-state index in [0.29, 0.717) is 21.7 Å². The predicted molar refractivity (Wildman–Crippen MR) is 72.2 cm³/mol. The first-order valence-electron chi connectivity index (χ1n) is 6.16. The van der Waals surface area contributed by atoms with Gasteiger partial charge < -0.3 is 9.64 Å². The van der Waals surface area contributed by atoms with Gasteiger partial charge in [-0.3, -0.25) is 9.59 Å². The summed E-state index contributed by atoms with van der Waals surface area (Å²) in [5.41, 5.74) is 1.62. The predicted octanol–water partition coefficient (Wildman–Crippen LogP) is 2.23. The maximum atomic E-state index is 12.4. The maximum absolute atomic E-state index is 12.4. The van der Waals surface area contributed by atoms with Gasteiger partial charge in [0.1, 0.15) is 12.6 Å². The molecule has 1 amide bonds. The Balaban J connectivity index is 2.40. The van der Waals surface area contributed by atoms with Crippen LogP contribution in [0, 0.1) is 18.3 Å². The van der Waals surface area contributed by atoms with Gasteiger partial charge in [-0.05, 0) is 25.5 Å². The summed E-state index contributed by atoms with van der Waals surface area (Å²) in [6, 6.07) is 4.58. The van der Waals surface area contributed by atoms with Crippen molar-refractivity contribution in [3.8, 4) is 6.07 Å². The number of halogens is 1. The van der Waals surface area contributed by atoms with E-state index in [0.717, 1.165) is 0 Å². The van der Waals surface area contributed by atoms with Crippen molar-refractivity contribution in [1.29, 1.82) is 5.26 Å². The van der Waals surface area contributed by atoms with Gasteiger partial charge >= 0.3 is 5.97 Å². The summed E-state index contributed by atoms with van der Waals surface area (Å²) in [5, 5.41) is 9.74. The van der Waals surface area contributed by atoms with E-state index < -0.39 is 12.0 Å². The maximum Gasteiger partial charge on any atom is 0.325 e. The SMILES string of the molecule is CCOC(=O)CN1C(=O)c2c(ccc(Cl)c2C)C1C#N. The molecule has 104 valence electrons. The zero-order valence-electron chi connectivity index (χ0n) is 11.1. The monoisotopic (exact) mass is 292 g/mol. The first-order chi connectivity index (χ1) is 9.51. The normalized spacial score (nSPS) is 16.8. The van der Waals surface area contributed by atoms with E-state index in [1.165, 1.54) is 4.90 Å². The number of nitrogens with zero attached hydrogens (tertiary/aromatic N) is 2. The Bertz CT molecular complexity index is 622. The molecule has 0 aliphatic carbocycles. The standard InChI is InChI=1S/C14H13ClN2O3/c1-3-20-12(18)7-17-11(6-16)9-4-5-10(15)8(2)13(9)14(17)19/h4-5,11H,3,7H2,1-2H3. The largest absolute Gasteiger partial charge is 0.465 e. The van der Waals surface area contributed by atoms with Gasteiger partial charge in [-0.25, -0.2) is 0 Å². The van der Waals surface area contributed by atoms with Gasteiger partial charge in [0, 0.05) is 10.6 Å².